The molecule has 0 heterocycles. The third-order valence-electron chi connectivity index (χ3n) is 7.28. The summed E-state index contributed by atoms with van der Waals surface area (Å²) in [5.74, 6) is -0.189. The summed E-state index contributed by atoms with van der Waals surface area (Å²) in [6.45, 7) is 14.1. The molecule has 2 amide bonds. The molecular formula is C34H45N3O4S. The van der Waals surface area contributed by atoms with Gasteiger partial charge in [0.1, 0.15) is 12.6 Å². The zero-order valence-corrected chi connectivity index (χ0v) is 26.7. The van der Waals surface area contributed by atoms with E-state index in [1.165, 1.54) is 4.90 Å². The number of hydrogen-bond donors (Lipinski definition) is 1. The van der Waals surface area contributed by atoms with E-state index in [0.29, 0.717) is 18.7 Å². The number of carbonyl (C=O) groups excluding carboxylic acids is 2. The zero-order chi connectivity index (χ0) is 31.0. The minimum Gasteiger partial charge on any atom is -0.354 e. The minimum atomic E-state index is -4.10. The molecule has 0 aliphatic rings. The van der Waals surface area contributed by atoms with E-state index in [9.17, 15) is 18.0 Å². The average molecular weight is 592 g/mol. The lowest BCUT2D eigenvalue weighted by molar-refractivity contribution is -0.140. The van der Waals surface area contributed by atoms with Crippen LogP contribution in [0.15, 0.2) is 77.7 Å². The maximum Gasteiger partial charge on any atom is 0.264 e. The first-order valence-corrected chi connectivity index (χ1v) is 16.1. The molecule has 0 aliphatic carbocycles. The number of anilines is 1. The van der Waals surface area contributed by atoms with Crippen LogP contribution < -0.4 is 9.62 Å². The molecule has 0 aromatic heterocycles. The van der Waals surface area contributed by atoms with Gasteiger partial charge < -0.3 is 10.2 Å². The second-order valence-corrected chi connectivity index (χ2v) is 13.5. The summed E-state index contributed by atoms with van der Waals surface area (Å²) in [5.41, 5.74) is 4.32. The largest absolute Gasteiger partial charge is 0.354 e. The Hall–Kier alpha value is -3.65. The third kappa shape index (κ3) is 8.44. The lowest BCUT2D eigenvalue weighted by Crippen LogP contribution is -2.52. The van der Waals surface area contributed by atoms with Crippen molar-refractivity contribution in [3.63, 3.8) is 0 Å². The van der Waals surface area contributed by atoms with Crippen molar-refractivity contribution in [2.45, 2.75) is 78.3 Å². The highest BCUT2D eigenvalue weighted by Crippen LogP contribution is 2.27. The summed E-state index contributed by atoms with van der Waals surface area (Å²) < 4.78 is 29.2. The summed E-state index contributed by atoms with van der Waals surface area (Å²) >= 11 is 0. The van der Waals surface area contributed by atoms with E-state index < -0.39 is 28.5 Å². The van der Waals surface area contributed by atoms with Crippen molar-refractivity contribution in [1.82, 2.24) is 10.2 Å². The summed E-state index contributed by atoms with van der Waals surface area (Å²) in [7, 11) is -4.10. The summed E-state index contributed by atoms with van der Waals surface area (Å²) in [6, 6.07) is 20.9. The van der Waals surface area contributed by atoms with Gasteiger partial charge in [-0.25, -0.2) is 8.42 Å². The monoisotopic (exact) mass is 591 g/mol. The lowest BCUT2D eigenvalue weighted by atomic mass is 10.0. The van der Waals surface area contributed by atoms with Crippen LogP contribution in [0.2, 0.25) is 0 Å². The van der Waals surface area contributed by atoms with Crippen LogP contribution in [-0.2, 0) is 26.2 Å². The fraction of sp³-hybridized carbons (Fsp3) is 0.412. The van der Waals surface area contributed by atoms with E-state index in [1.807, 2.05) is 71.0 Å². The molecule has 0 bridgehead atoms. The van der Waals surface area contributed by atoms with Crippen LogP contribution in [0.1, 0.15) is 69.2 Å². The molecule has 0 unspecified atom stereocenters. The first-order valence-electron chi connectivity index (χ1n) is 14.7. The van der Waals surface area contributed by atoms with Crippen LogP contribution in [0.4, 0.5) is 5.69 Å². The number of aryl methyl sites for hydroxylation is 2. The van der Waals surface area contributed by atoms with Crippen LogP contribution in [0.25, 0.3) is 0 Å². The molecule has 0 fully saturated rings. The smallest absolute Gasteiger partial charge is 0.264 e. The summed E-state index contributed by atoms with van der Waals surface area (Å²) in [5, 5.41) is 2.96. The van der Waals surface area contributed by atoms with Crippen LogP contribution in [-0.4, -0.2) is 44.3 Å². The second kappa shape index (κ2) is 14.5. The molecule has 226 valence electrons. The Labute approximate surface area is 252 Å². The standard InChI is InChI=1S/C34H45N3O4S/c1-8-32(34(39)35-21-24(2)3)36(22-28-13-9-26(6)10-14-28)33(38)23-37(30-17-15-29(16-18-30)25(4)5)42(40,41)31-19-11-27(7)12-20-31/h9-20,24-25,32H,8,21-23H2,1-7H3,(H,35,39)/t32-/m0/s1. The molecule has 0 spiro atoms. The minimum absolute atomic E-state index is 0.0978. The second-order valence-electron chi connectivity index (χ2n) is 11.6. The van der Waals surface area contributed by atoms with Gasteiger partial charge in [-0.05, 0) is 67.5 Å². The van der Waals surface area contributed by atoms with Crippen LogP contribution >= 0.6 is 0 Å². The Morgan fingerprint density at radius 2 is 1.36 bits per heavy atom. The molecule has 0 saturated carbocycles. The van der Waals surface area contributed by atoms with Gasteiger partial charge >= 0.3 is 0 Å². The number of benzene rings is 3. The molecule has 8 heteroatoms. The highest BCUT2D eigenvalue weighted by Gasteiger charge is 2.33. The number of hydrogen-bond acceptors (Lipinski definition) is 4. The Bertz CT molecular complexity index is 1430. The Morgan fingerprint density at radius 3 is 1.86 bits per heavy atom. The van der Waals surface area contributed by atoms with Crippen molar-refractivity contribution < 1.29 is 18.0 Å². The van der Waals surface area contributed by atoms with Crippen LogP contribution in [0.3, 0.4) is 0 Å². The quantitative estimate of drug-likeness (QED) is 0.256. The number of carbonyl (C=O) groups is 2. The van der Waals surface area contributed by atoms with Gasteiger partial charge in [0, 0.05) is 13.1 Å². The van der Waals surface area contributed by atoms with Crippen molar-refractivity contribution >= 4 is 27.5 Å². The van der Waals surface area contributed by atoms with E-state index >= 15 is 0 Å². The van der Waals surface area contributed by atoms with E-state index in [1.54, 1.807) is 36.4 Å². The van der Waals surface area contributed by atoms with Gasteiger partial charge in [-0.3, -0.25) is 13.9 Å². The summed E-state index contributed by atoms with van der Waals surface area (Å²) in [4.78, 5) is 29.1. The SMILES string of the molecule is CC[C@@H](C(=O)NCC(C)C)N(Cc1ccc(C)cc1)C(=O)CN(c1ccc(C(C)C)cc1)S(=O)(=O)c1ccc(C)cc1. The Kier molecular flexibility index (Phi) is 11.3. The van der Waals surface area contributed by atoms with Gasteiger partial charge in [0.2, 0.25) is 11.8 Å². The van der Waals surface area contributed by atoms with Gasteiger partial charge in [0.25, 0.3) is 10.0 Å². The lowest BCUT2D eigenvalue weighted by Gasteiger charge is -2.33. The van der Waals surface area contributed by atoms with Crippen molar-refractivity contribution in [3.8, 4) is 0 Å². The molecule has 3 rings (SSSR count). The zero-order valence-electron chi connectivity index (χ0n) is 25.9. The number of sulfonamides is 1. The highest BCUT2D eigenvalue weighted by atomic mass is 32.2. The van der Waals surface area contributed by atoms with Gasteiger partial charge in [-0.15, -0.1) is 0 Å². The topological polar surface area (TPSA) is 86.8 Å². The Balaban J connectivity index is 2.06. The van der Waals surface area contributed by atoms with E-state index in [4.69, 9.17) is 0 Å². The molecule has 42 heavy (non-hydrogen) atoms. The molecule has 3 aromatic rings. The molecule has 3 aromatic carbocycles. The van der Waals surface area contributed by atoms with Gasteiger partial charge in [-0.2, -0.15) is 0 Å². The molecule has 1 N–H and O–H groups in total. The van der Waals surface area contributed by atoms with Crippen molar-refractivity contribution in [2.75, 3.05) is 17.4 Å². The van der Waals surface area contributed by atoms with Crippen LogP contribution in [0.5, 0.6) is 0 Å². The first-order chi connectivity index (χ1) is 19.8. The van der Waals surface area contributed by atoms with Crippen molar-refractivity contribution in [1.29, 1.82) is 0 Å². The fourth-order valence-electron chi connectivity index (χ4n) is 4.62. The average Bonchev–Trinajstić information content (AvgIpc) is 2.95. The van der Waals surface area contributed by atoms with E-state index in [2.05, 4.69) is 19.2 Å². The number of rotatable bonds is 13. The molecule has 0 saturated heterocycles. The molecular weight excluding hydrogens is 546 g/mol. The van der Waals surface area contributed by atoms with Crippen molar-refractivity contribution in [2.24, 2.45) is 5.92 Å². The molecule has 7 nitrogen and oxygen atoms in total. The van der Waals surface area contributed by atoms with Gasteiger partial charge in [-0.1, -0.05) is 94.3 Å². The van der Waals surface area contributed by atoms with E-state index in [-0.39, 0.29) is 29.2 Å². The molecule has 1 atom stereocenters. The molecule has 0 aliphatic heterocycles. The molecule has 0 radical (unpaired) electrons. The fourth-order valence-corrected chi connectivity index (χ4v) is 6.04. The first kappa shape index (κ1) is 32.9. The maximum absolute atomic E-state index is 14.2. The Morgan fingerprint density at radius 1 is 0.810 bits per heavy atom. The van der Waals surface area contributed by atoms with E-state index in [0.717, 1.165) is 26.6 Å². The number of nitrogens with zero attached hydrogens (tertiary/aromatic N) is 2. The number of nitrogens with one attached hydrogen (secondary N) is 1. The normalized spacial score (nSPS) is 12.3. The predicted octanol–water partition coefficient (Wildman–Crippen LogP) is 6.20. The van der Waals surface area contributed by atoms with Gasteiger partial charge in [0.05, 0.1) is 10.6 Å². The number of amides is 2. The summed E-state index contributed by atoms with van der Waals surface area (Å²) in [6.07, 6.45) is 0.384. The highest BCUT2D eigenvalue weighted by molar-refractivity contribution is 7.92. The maximum atomic E-state index is 14.2. The predicted molar refractivity (Wildman–Crippen MR) is 170 cm³/mol. The van der Waals surface area contributed by atoms with Gasteiger partial charge in [0.15, 0.2) is 0 Å². The van der Waals surface area contributed by atoms with Crippen molar-refractivity contribution in [3.05, 3.63) is 95.1 Å². The van der Waals surface area contributed by atoms with Crippen LogP contribution in [0, 0.1) is 19.8 Å². The third-order valence-corrected chi connectivity index (χ3v) is 9.07.